The number of rotatable bonds is 2. The van der Waals surface area contributed by atoms with Gasteiger partial charge in [0.15, 0.2) is 4.77 Å². The molecule has 2 heterocycles. The van der Waals surface area contributed by atoms with Gasteiger partial charge < -0.3 is 9.55 Å². The maximum atomic E-state index is 13.8. The van der Waals surface area contributed by atoms with E-state index in [-0.39, 0.29) is 11.1 Å². The second-order valence-corrected chi connectivity index (χ2v) is 6.97. The lowest BCUT2D eigenvalue weighted by Gasteiger charge is -2.13. The van der Waals surface area contributed by atoms with Crippen LogP contribution in [0.15, 0.2) is 12.1 Å². The maximum absolute atomic E-state index is 13.8. The lowest BCUT2D eigenvalue weighted by atomic mass is 10.2. The fourth-order valence-corrected chi connectivity index (χ4v) is 4.06. The van der Waals surface area contributed by atoms with Gasteiger partial charge in [0.25, 0.3) is 0 Å². The number of aromatic amines is 1. The number of fused-ring (bicyclic) bond motifs is 1. The molecule has 0 radical (unpaired) electrons. The molecule has 3 aromatic rings. The molecule has 3 rings (SSSR count). The van der Waals surface area contributed by atoms with Gasteiger partial charge in [-0.25, -0.2) is 9.37 Å². The molecule has 1 atom stereocenters. The van der Waals surface area contributed by atoms with Crippen LogP contribution in [0.1, 0.15) is 28.5 Å². The van der Waals surface area contributed by atoms with Crippen molar-refractivity contribution in [2.45, 2.75) is 26.8 Å². The first-order valence-electron chi connectivity index (χ1n) is 6.41. The third kappa shape index (κ3) is 2.41. The van der Waals surface area contributed by atoms with E-state index in [1.165, 1.54) is 6.07 Å². The van der Waals surface area contributed by atoms with Gasteiger partial charge in [-0.05, 0) is 39.1 Å². The number of hydrogen-bond donors (Lipinski definition) is 1. The number of thiazole rings is 1. The minimum atomic E-state index is -0.448. The number of aryl methyl sites for hydroxylation is 2. The molecular weight excluding hydrogens is 329 g/mol. The Morgan fingerprint density at radius 3 is 2.76 bits per heavy atom. The fourth-order valence-electron chi connectivity index (χ4n) is 2.56. The molecule has 0 spiro atoms. The van der Waals surface area contributed by atoms with Crippen molar-refractivity contribution in [3.05, 3.63) is 43.3 Å². The van der Waals surface area contributed by atoms with Gasteiger partial charge in [-0.15, -0.1) is 11.3 Å². The highest BCUT2D eigenvalue weighted by atomic mass is 35.5. The standard InChI is InChI=1S/C14H13ClFN3S2/c1-6-13(21-8(3)17-6)7(2)19-12-5-10(16)9(15)4-11(12)18-14(19)20/h4-5,7H,1-3H3,(H,18,20). The number of nitrogens with zero attached hydrogens (tertiary/aromatic N) is 2. The number of imidazole rings is 1. The van der Waals surface area contributed by atoms with Crippen molar-refractivity contribution in [3.63, 3.8) is 0 Å². The highest BCUT2D eigenvalue weighted by Gasteiger charge is 2.19. The maximum Gasteiger partial charge on any atom is 0.178 e. The summed E-state index contributed by atoms with van der Waals surface area (Å²) in [7, 11) is 0. The number of hydrogen-bond acceptors (Lipinski definition) is 3. The molecule has 110 valence electrons. The lowest BCUT2D eigenvalue weighted by molar-refractivity contribution is 0.624. The smallest absolute Gasteiger partial charge is 0.178 e. The predicted octanol–water partition coefficient (Wildman–Crippen LogP) is 5.17. The van der Waals surface area contributed by atoms with Gasteiger partial charge in [-0.1, -0.05) is 11.6 Å². The number of halogens is 2. The Kier molecular flexibility index (Phi) is 3.63. The summed E-state index contributed by atoms with van der Waals surface area (Å²) >= 11 is 12.9. The number of aromatic nitrogens is 3. The number of H-pyrrole nitrogens is 1. The van der Waals surface area contributed by atoms with Gasteiger partial charge in [0, 0.05) is 6.07 Å². The van der Waals surface area contributed by atoms with Crippen LogP contribution in [-0.4, -0.2) is 14.5 Å². The normalized spacial score (nSPS) is 13.0. The van der Waals surface area contributed by atoms with Crippen LogP contribution in [0.5, 0.6) is 0 Å². The van der Waals surface area contributed by atoms with E-state index in [1.54, 1.807) is 17.4 Å². The molecule has 3 nitrogen and oxygen atoms in total. The molecule has 0 aliphatic heterocycles. The molecule has 0 fully saturated rings. The molecule has 0 saturated heterocycles. The summed E-state index contributed by atoms with van der Waals surface area (Å²) in [6, 6.07) is 2.97. The van der Waals surface area contributed by atoms with Crippen molar-refractivity contribution in [2.75, 3.05) is 0 Å². The molecule has 2 aromatic heterocycles. The van der Waals surface area contributed by atoms with E-state index in [1.807, 2.05) is 25.3 Å². The second kappa shape index (κ2) is 5.19. The minimum Gasteiger partial charge on any atom is -0.331 e. The summed E-state index contributed by atoms with van der Waals surface area (Å²) in [5.74, 6) is -0.448. The SMILES string of the molecule is Cc1nc(C)c(C(C)n2c(=S)[nH]c3cc(Cl)c(F)cc32)s1. The van der Waals surface area contributed by atoms with Crippen LogP contribution in [0.4, 0.5) is 4.39 Å². The first-order valence-corrected chi connectivity index (χ1v) is 8.02. The van der Waals surface area contributed by atoms with Crippen molar-refractivity contribution < 1.29 is 4.39 Å². The van der Waals surface area contributed by atoms with E-state index >= 15 is 0 Å². The monoisotopic (exact) mass is 341 g/mol. The Bertz CT molecular complexity index is 894. The van der Waals surface area contributed by atoms with Crippen LogP contribution >= 0.6 is 35.2 Å². The average molecular weight is 342 g/mol. The third-order valence-corrected chi connectivity index (χ3v) is 5.30. The Morgan fingerprint density at radius 2 is 2.14 bits per heavy atom. The Balaban J connectivity index is 2.24. The summed E-state index contributed by atoms with van der Waals surface area (Å²) in [4.78, 5) is 8.66. The van der Waals surface area contributed by atoms with E-state index in [0.717, 1.165) is 21.1 Å². The molecule has 0 saturated carbocycles. The van der Waals surface area contributed by atoms with E-state index in [2.05, 4.69) is 9.97 Å². The number of nitrogens with one attached hydrogen (secondary N) is 1. The quantitative estimate of drug-likeness (QED) is 0.652. The highest BCUT2D eigenvalue weighted by Crippen LogP contribution is 2.32. The third-order valence-electron chi connectivity index (χ3n) is 3.46. The molecule has 0 amide bonds. The fraction of sp³-hybridized carbons (Fsp3) is 0.286. The van der Waals surface area contributed by atoms with Crippen LogP contribution in [0.3, 0.4) is 0 Å². The molecule has 1 unspecified atom stereocenters. The second-order valence-electron chi connectivity index (χ2n) is 4.94. The van der Waals surface area contributed by atoms with Gasteiger partial charge in [0.2, 0.25) is 0 Å². The molecule has 7 heteroatoms. The summed E-state index contributed by atoms with van der Waals surface area (Å²) in [5, 5.41) is 1.10. The highest BCUT2D eigenvalue weighted by molar-refractivity contribution is 7.71. The predicted molar refractivity (Wildman–Crippen MR) is 87.5 cm³/mol. The zero-order chi connectivity index (χ0) is 15.3. The van der Waals surface area contributed by atoms with E-state index in [4.69, 9.17) is 23.8 Å². The Morgan fingerprint density at radius 1 is 1.43 bits per heavy atom. The van der Waals surface area contributed by atoms with Gasteiger partial charge in [-0.3, -0.25) is 0 Å². The summed E-state index contributed by atoms with van der Waals surface area (Å²) in [5.41, 5.74) is 2.42. The molecule has 21 heavy (non-hydrogen) atoms. The molecular formula is C14H13ClFN3S2. The van der Waals surface area contributed by atoms with E-state index < -0.39 is 5.82 Å². The molecule has 1 N–H and O–H groups in total. The van der Waals surface area contributed by atoms with Gasteiger partial charge in [0.1, 0.15) is 5.82 Å². The lowest BCUT2D eigenvalue weighted by Crippen LogP contribution is -2.06. The molecule has 0 bridgehead atoms. The zero-order valence-electron chi connectivity index (χ0n) is 11.7. The van der Waals surface area contributed by atoms with Crippen molar-refractivity contribution in [1.29, 1.82) is 0 Å². The van der Waals surface area contributed by atoms with Crippen LogP contribution in [0, 0.1) is 24.4 Å². The minimum absolute atomic E-state index is 0.0157. The van der Waals surface area contributed by atoms with Gasteiger partial charge >= 0.3 is 0 Å². The largest absolute Gasteiger partial charge is 0.331 e. The van der Waals surface area contributed by atoms with Crippen LogP contribution in [0.2, 0.25) is 5.02 Å². The van der Waals surface area contributed by atoms with Crippen molar-refractivity contribution >= 4 is 46.2 Å². The van der Waals surface area contributed by atoms with Crippen molar-refractivity contribution in [3.8, 4) is 0 Å². The molecule has 0 aliphatic rings. The average Bonchev–Trinajstić information content (AvgIpc) is 2.89. The van der Waals surface area contributed by atoms with E-state index in [9.17, 15) is 4.39 Å². The summed E-state index contributed by atoms with van der Waals surface area (Å²) in [6.45, 7) is 5.99. The zero-order valence-corrected chi connectivity index (χ0v) is 14.1. The van der Waals surface area contributed by atoms with Gasteiger partial charge in [-0.2, -0.15) is 0 Å². The van der Waals surface area contributed by atoms with Crippen molar-refractivity contribution in [1.82, 2.24) is 14.5 Å². The number of benzene rings is 1. The topological polar surface area (TPSA) is 33.6 Å². The first kappa shape index (κ1) is 14.7. The Hall–Kier alpha value is -1.24. The molecule has 0 aliphatic carbocycles. The van der Waals surface area contributed by atoms with Crippen LogP contribution in [-0.2, 0) is 0 Å². The van der Waals surface area contributed by atoms with E-state index in [0.29, 0.717) is 10.3 Å². The van der Waals surface area contributed by atoms with Crippen molar-refractivity contribution in [2.24, 2.45) is 0 Å². The van der Waals surface area contributed by atoms with Crippen LogP contribution in [0.25, 0.3) is 11.0 Å². The molecule has 1 aromatic carbocycles. The summed E-state index contributed by atoms with van der Waals surface area (Å²) < 4.78 is 16.2. The van der Waals surface area contributed by atoms with Crippen LogP contribution < -0.4 is 0 Å². The first-order chi connectivity index (χ1) is 9.88. The summed E-state index contributed by atoms with van der Waals surface area (Å²) in [6.07, 6.45) is 0. The van der Waals surface area contributed by atoms with Gasteiger partial charge in [0.05, 0.1) is 37.7 Å². The Labute approximate surface area is 135 Å².